The Bertz CT molecular complexity index is 1820. The number of carbonyl (C=O) groups is 1. The fraction of sp³-hybridized carbons (Fsp3) is 0.371. The second kappa shape index (κ2) is 14.2. The van der Waals surface area contributed by atoms with Crippen LogP contribution in [0.15, 0.2) is 54.7 Å². The predicted molar refractivity (Wildman–Crippen MR) is 174 cm³/mol. The number of hydrogen-bond donors (Lipinski definition) is 2. The van der Waals surface area contributed by atoms with E-state index < -0.39 is 36.2 Å². The van der Waals surface area contributed by atoms with Crippen LogP contribution in [0.5, 0.6) is 17.2 Å². The number of fused-ring (bicyclic) bond motifs is 3. The highest BCUT2D eigenvalue weighted by Gasteiger charge is 2.44. The first-order valence-electron chi connectivity index (χ1n) is 15.8. The summed E-state index contributed by atoms with van der Waals surface area (Å²) in [5, 5.41) is 5.97. The molecule has 3 aliphatic rings. The van der Waals surface area contributed by atoms with E-state index in [4.69, 9.17) is 14.2 Å². The summed E-state index contributed by atoms with van der Waals surface area (Å²) in [4.78, 5) is 28.5. The molecule has 4 heterocycles. The van der Waals surface area contributed by atoms with Crippen molar-refractivity contribution in [2.45, 2.75) is 50.2 Å². The van der Waals surface area contributed by atoms with Gasteiger partial charge in [0.05, 0.1) is 37.2 Å². The van der Waals surface area contributed by atoms with E-state index in [1.165, 1.54) is 38.6 Å². The zero-order valence-corrected chi connectivity index (χ0v) is 27.2. The number of methoxy groups -OCH3 is 2. The van der Waals surface area contributed by atoms with Crippen molar-refractivity contribution < 1.29 is 36.6 Å². The molecule has 0 radical (unpaired) electrons. The van der Waals surface area contributed by atoms with Gasteiger partial charge in [0.1, 0.15) is 35.2 Å². The van der Waals surface area contributed by atoms with Gasteiger partial charge in [-0.1, -0.05) is 0 Å². The molecule has 0 spiro atoms. The Morgan fingerprint density at radius 1 is 1.00 bits per heavy atom. The number of benzene rings is 2. The number of rotatable bonds is 12. The zero-order valence-electron chi connectivity index (χ0n) is 27.2. The van der Waals surface area contributed by atoms with E-state index in [-0.39, 0.29) is 40.8 Å². The highest BCUT2D eigenvalue weighted by Crippen LogP contribution is 2.38. The molecule has 2 aliphatic heterocycles. The molecule has 4 aromatic rings. The summed E-state index contributed by atoms with van der Waals surface area (Å²) < 4.78 is 72.7. The quantitative estimate of drug-likeness (QED) is 0.171. The van der Waals surface area contributed by atoms with Crippen LogP contribution < -0.4 is 24.8 Å². The van der Waals surface area contributed by atoms with Gasteiger partial charge < -0.3 is 29.7 Å². The number of amides is 1. The Labute approximate surface area is 280 Å². The van der Waals surface area contributed by atoms with E-state index in [0.29, 0.717) is 35.2 Å². The molecule has 2 saturated heterocycles. The molecule has 3 fully saturated rings. The molecule has 0 atom stereocenters. The third-order valence-corrected chi connectivity index (χ3v) is 9.11. The molecule has 0 unspecified atom stereocenters. The standard InChI is InChI=1S/C35H36F4N6O4/c1-45-19-35(12-10-22(45)11-13-35)44-34(46)25-15-26(20-4-7-23(8-5-20)49-18-29(36)37)42-31(30(25)38)27-17-41-33(32(39)43-27)40-16-21-6-9-24(47-2)14-28(21)48-3/h4-9,14-15,17,22,29H,10-13,16,18-19H2,1-3H3,(H,40,41)(H,44,46). The normalized spacial score (nSPS) is 18.7. The van der Waals surface area contributed by atoms with Gasteiger partial charge in [-0.25, -0.2) is 28.1 Å². The number of halogens is 4. The third-order valence-electron chi connectivity index (χ3n) is 9.11. The largest absolute Gasteiger partial charge is 0.497 e. The minimum Gasteiger partial charge on any atom is -0.497 e. The summed E-state index contributed by atoms with van der Waals surface area (Å²) >= 11 is 0. The lowest BCUT2D eigenvalue weighted by Crippen LogP contribution is -2.64. The minimum absolute atomic E-state index is 0.138. The molecular formula is C35H36F4N6O4. The van der Waals surface area contributed by atoms with Gasteiger partial charge >= 0.3 is 0 Å². The van der Waals surface area contributed by atoms with Crippen molar-refractivity contribution in [1.29, 1.82) is 0 Å². The predicted octanol–water partition coefficient (Wildman–Crippen LogP) is 6.11. The number of carbonyl (C=O) groups excluding carboxylic acids is 1. The molecule has 1 saturated carbocycles. The Kier molecular flexibility index (Phi) is 9.86. The topological polar surface area (TPSA) is 111 Å². The van der Waals surface area contributed by atoms with Crippen LogP contribution in [0.25, 0.3) is 22.6 Å². The molecule has 2 aromatic carbocycles. The van der Waals surface area contributed by atoms with Crippen LogP contribution >= 0.6 is 0 Å². The van der Waals surface area contributed by atoms with E-state index in [1.807, 2.05) is 7.05 Å². The van der Waals surface area contributed by atoms with E-state index in [2.05, 4.69) is 30.5 Å². The van der Waals surface area contributed by atoms with Crippen molar-refractivity contribution in [1.82, 2.24) is 25.2 Å². The number of likely N-dealkylation sites (N-methyl/N-ethyl adjacent to an activating group) is 1. The van der Waals surface area contributed by atoms with Gasteiger partial charge in [0.15, 0.2) is 11.6 Å². The van der Waals surface area contributed by atoms with E-state index in [9.17, 15) is 13.6 Å². The van der Waals surface area contributed by atoms with Gasteiger partial charge in [-0.2, -0.15) is 4.39 Å². The van der Waals surface area contributed by atoms with Crippen LogP contribution in [0, 0.1) is 11.8 Å². The van der Waals surface area contributed by atoms with Gasteiger partial charge in [0.2, 0.25) is 0 Å². The fourth-order valence-electron chi connectivity index (χ4n) is 6.50. The van der Waals surface area contributed by atoms with Gasteiger partial charge in [-0.15, -0.1) is 0 Å². The van der Waals surface area contributed by atoms with Crippen LogP contribution in [0.1, 0.15) is 41.6 Å². The molecule has 2 bridgehead atoms. The highest BCUT2D eigenvalue weighted by molar-refractivity contribution is 5.97. The molecule has 1 aliphatic carbocycles. The first-order valence-corrected chi connectivity index (χ1v) is 15.8. The number of ether oxygens (including phenoxy) is 3. The van der Waals surface area contributed by atoms with Crippen molar-refractivity contribution in [2.24, 2.45) is 0 Å². The Balaban J connectivity index is 1.32. The summed E-state index contributed by atoms with van der Waals surface area (Å²) in [6, 6.07) is 13.0. The zero-order chi connectivity index (χ0) is 34.7. The van der Waals surface area contributed by atoms with Crippen molar-refractivity contribution in [2.75, 3.05) is 39.7 Å². The lowest BCUT2D eigenvalue weighted by Gasteiger charge is -2.51. The Morgan fingerprint density at radius 2 is 1.73 bits per heavy atom. The number of nitrogens with zero attached hydrogens (tertiary/aromatic N) is 4. The smallest absolute Gasteiger partial charge is 0.272 e. The van der Waals surface area contributed by atoms with Crippen molar-refractivity contribution in [3.63, 3.8) is 0 Å². The van der Waals surface area contributed by atoms with Crippen molar-refractivity contribution in [3.8, 4) is 39.9 Å². The number of hydrogen-bond acceptors (Lipinski definition) is 9. The first kappa shape index (κ1) is 33.9. The highest BCUT2D eigenvalue weighted by atomic mass is 19.3. The fourth-order valence-corrected chi connectivity index (χ4v) is 6.50. The third kappa shape index (κ3) is 7.38. The van der Waals surface area contributed by atoms with E-state index in [0.717, 1.165) is 25.7 Å². The molecule has 2 N–H and O–H groups in total. The number of piperidine rings is 2. The van der Waals surface area contributed by atoms with Gasteiger partial charge in [0.25, 0.3) is 18.3 Å². The monoisotopic (exact) mass is 680 g/mol. The molecule has 49 heavy (non-hydrogen) atoms. The molecule has 1 amide bonds. The van der Waals surface area contributed by atoms with Crippen molar-refractivity contribution in [3.05, 3.63) is 77.6 Å². The first-order chi connectivity index (χ1) is 23.6. The molecule has 14 heteroatoms. The average molecular weight is 681 g/mol. The lowest BCUT2D eigenvalue weighted by atomic mass is 9.74. The van der Waals surface area contributed by atoms with Crippen LogP contribution in [-0.2, 0) is 6.54 Å². The number of aromatic nitrogens is 3. The number of alkyl halides is 2. The summed E-state index contributed by atoms with van der Waals surface area (Å²) in [7, 11) is 5.05. The van der Waals surface area contributed by atoms with Gasteiger partial charge in [-0.3, -0.25) is 4.79 Å². The van der Waals surface area contributed by atoms with Gasteiger partial charge in [0, 0.05) is 36.3 Å². The molecule has 2 aromatic heterocycles. The Morgan fingerprint density at radius 3 is 2.39 bits per heavy atom. The average Bonchev–Trinajstić information content (AvgIpc) is 3.10. The minimum atomic E-state index is -2.64. The lowest BCUT2D eigenvalue weighted by molar-refractivity contribution is 0.0269. The summed E-state index contributed by atoms with van der Waals surface area (Å²) in [6.45, 7) is 0.00567. The molecule has 10 nitrogen and oxygen atoms in total. The summed E-state index contributed by atoms with van der Waals surface area (Å²) in [5.74, 6) is -1.50. The van der Waals surface area contributed by atoms with Crippen LogP contribution in [-0.4, -0.2) is 78.2 Å². The van der Waals surface area contributed by atoms with Crippen LogP contribution in [0.2, 0.25) is 0 Å². The number of anilines is 1. The molecular weight excluding hydrogens is 644 g/mol. The molecule has 7 rings (SSSR count). The van der Waals surface area contributed by atoms with Crippen molar-refractivity contribution >= 4 is 11.7 Å². The summed E-state index contributed by atoms with van der Waals surface area (Å²) in [6.07, 6.45) is 1.92. The van der Waals surface area contributed by atoms with E-state index >= 15 is 8.78 Å². The second-order valence-corrected chi connectivity index (χ2v) is 12.3. The maximum absolute atomic E-state index is 16.3. The van der Waals surface area contributed by atoms with Gasteiger partial charge in [-0.05, 0) is 75.2 Å². The number of pyridine rings is 1. The second-order valence-electron chi connectivity index (χ2n) is 12.3. The van der Waals surface area contributed by atoms with Crippen LogP contribution in [0.4, 0.5) is 23.4 Å². The van der Waals surface area contributed by atoms with E-state index in [1.54, 1.807) is 30.3 Å². The SMILES string of the molecule is COc1ccc(CNc2ncc(-c3nc(-c4ccc(OCC(F)F)cc4)cc(C(=O)NC45CCC(CC4)N(C)C5)c3F)nc2F)c(OC)c1. The summed E-state index contributed by atoms with van der Waals surface area (Å²) in [5.41, 5.74) is -0.0857. The maximum Gasteiger partial charge on any atom is 0.272 e. The molecule has 258 valence electrons. The number of nitrogens with one attached hydrogen (secondary N) is 2. The maximum atomic E-state index is 16.3. The van der Waals surface area contributed by atoms with Crippen LogP contribution in [0.3, 0.4) is 0 Å². The Hall–Kier alpha value is -4.98.